The number of halogens is 1. The quantitative estimate of drug-likeness (QED) is 0.465. The number of amides is 1. The van der Waals surface area contributed by atoms with Crippen molar-refractivity contribution in [3.05, 3.63) is 81.7 Å². The summed E-state index contributed by atoms with van der Waals surface area (Å²) in [6.07, 6.45) is 0. The van der Waals surface area contributed by atoms with Crippen LogP contribution in [0.5, 0.6) is 0 Å². The highest BCUT2D eigenvalue weighted by molar-refractivity contribution is 7.91. The minimum absolute atomic E-state index is 0.0334. The maximum Gasteiger partial charge on any atom is 0.252 e. The van der Waals surface area contributed by atoms with E-state index in [1.54, 1.807) is 12.1 Å². The molecule has 2 atom stereocenters. The lowest BCUT2D eigenvalue weighted by Gasteiger charge is -2.38. The van der Waals surface area contributed by atoms with Crippen LogP contribution in [0, 0.1) is 19.8 Å². The van der Waals surface area contributed by atoms with E-state index in [2.05, 4.69) is 36.9 Å². The standard InChI is InChI=1S/C27H30ClN3O3S2/c1-19-8-9-24(20(2)16-19)29-12-14-30(15-13-29)27(32)23-18-31(17-22(23)21-6-4-3-5-7-21)36(33,34)26-11-10-25(28)35-26/h3-11,16,22-23H,12-15,17-18H2,1-2H3. The van der Waals surface area contributed by atoms with Gasteiger partial charge in [0.15, 0.2) is 0 Å². The highest BCUT2D eigenvalue weighted by Crippen LogP contribution is 2.38. The number of benzene rings is 2. The van der Waals surface area contributed by atoms with E-state index in [1.807, 2.05) is 35.2 Å². The number of carbonyl (C=O) groups excluding carboxylic acids is 1. The third-order valence-electron chi connectivity index (χ3n) is 7.26. The van der Waals surface area contributed by atoms with Gasteiger partial charge in [-0.1, -0.05) is 59.6 Å². The second-order valence-electron chi connectivity index (χ2n) is 9.61. The van der Waals surface area contributed by atoms with Crippen LogP contribution in [-0.2, 0) is 14.8 Å². The number of hydrogen-bond donors (Lipinski definition) is 0. The molecule has 0 radical (unpaired) electrons. The number of sulfonamides is 1. The van der Waals surface area contributed by atoms with Crippen LogP contribution in [0.15, 0.2) is 64.9 Å². The lowest BCUT2D eigenvalue weighted by molar-refractivity contribution is -0.135. The lowest BCUT2D eigenvalue weighted by atomic mass is 9.88. The summed E-state index contributed by atoms with van der Waals surface area (Å²) in [6.45, 7) is 7.43. The number of aryl methyl sites for hydroxylation is 2. The monoisotopic (exact) mass is 543 g/mol. The van der Waals surface area contributed by atoms with Crippen molar-refractivity contribution in [1.29, 1.82) is 0 Å². The Morgan fingerprint density at radius 3 is 2.31 bits per heavy atom. The Labute approximate surface area is 222 Å². The van der Waals surface area contributed by atoms with Crippen LogP contribution < -0.4 is 4.90 Å². The second-order valence-corrected chi connectivity index (χ2v) is 13.5. The van der Waals surface area contributed by atoms with Crippen LogP contribution in [0.4, 0.5) is 5.69 Å². The van der Waals surface area contributed by atoms with Crippen molar-refractivity contribution >= 4 is 44.6 Å². The van der Waals surface area contributed by atoms with E-state index in [0.717, 1.165) is 30.0 Å². The van der Waals surface area contributed by atoms with Crippen molar-refractivity contribution in [1.82, 2.24) is 9.21 Å². The van der Waals surface area contributed by atoms with Crippen molar-refractivity contribution in [3.63, 3.8) is 0 Å². The number of piperazine rings is 1. The number of hydrogen-bond acceptors (Lipinski definition) is 5. The van der Waals surface area contributed by atoms with Gasteiger partial charge in [-0.3, -0.25) is 4.79 Å². The highest BCUT2D eigenvalue weighted by Gasteiger charge is 2.45. The van der Waals surface area contributed by atoms with Crippen molar-refractivity contribution in [2.45, 2.75) is 24.0 Å². The van der Waals surface area contributed by atoms with E-state index < -0.39 is 15.9 Å². The maximum atomic E-state index is 13.8. The van der Waals surface area contributed by atoms with Crippen molar-refractivity contribution in [2.24, 2.45) is 5.92 Å². The number of anilines is 1. The van der Waals surface area contributed by atoms with Gasteiger partial charge in [0.2, 0.25) is 5.91 Å². The molecule has 2 fully saturated rings. The van der Waals surface area contributed by atoms with Gasteiger partial charge in [0.1, 0.15) is 4.21 Å². The van der Waals surface area contributed by atoms with Crippen molar-refractivity contribution < 1.29 is 13.2 Å². The molecule has 190 valence electrons. The molecule has 0 bridgehead atoms. The zero-order valence-corrected chi connectivity index (χ0v) is 22.8. The van der Waals surface area contributed by atoms with E-state index in [-0.39, 0.29) is 29.1 Å². The number of nitrogens with zero attached hydrogens (tertiary/aromatic N) is 3. The van der Waals surface area contributed by atoms with Gasteiger partial charge in [0, 0.05) is 50.9 Å². The van der Waals surface area contributed by atoms with Gasteiger partial charge in [-0.05, 0) is 43.2 Å². The summed E-state index contributed by atoms with van der Waals surface area (Å²) in [4.78, 5) is 18.1. The molecular weight excluding hydrogens is 514 g/mol. The smallest absolute Gasteiger partial charge is 0.252 e. The fourth-order valence-corrected chi connectivity index (χ4v) is 8.51. The Kier molecular flexibility index (Phi) is 7.14. The van der Waals surface area contributed by atoms with Crippen LogP contribution in [0.25, 0.3) is 0 Å². The number of rotatable bonds is 5. The SMILES string of the molecule is Cc1ccc(N2CCN(C(=O)C3CN(S(=O)(=O)c4ccc(Cl)s4)CC3c3ccccc3)CC2)c(C)c1. The Morgan fingerprint density at radius 1 is 0.944 bits per heavy atom. The van der Waals surface area contributed by atoms with Gasteiger partial charge in [-0.2, -0.15) is 4.31 Å². The topological polar surface area (TPSA) is 60.9 Å². The molecule has 9 heteroatoms. The summed E-state index contributed by atoms with van der Waals surface area (Å²) in [7, 11) is -3.72. The van der Waals surface area contributed by atoms with Crippen LogP contribution in [0.2, 0.25) is 4.34 Å². The third kappa shape index (κ3) is 4.92. The molecule has 1 aromatic heterocycles. The molecule has 2 aromatic carbocycles. The van der Waals surface area contributed by atoms with Crippen LogP contribution in [-0.4, -0.2) is 62.8 Å². The molecule has 3 heterocycles. The van der Waals surface area contributed by atoms with Crippen molar-refractivity contribution in [3.8, 4) is 0 Å². The van der Waals surface area contributed by atoms with Gasteiger partial charge in [0.05, 0.1) is 10.3 Å². The molecule has 1 amide bonds. The zero-order chi connectivity index (χ0) is 25.4. The molecule has 2 aliphatic heterocycles. The Morgan fingerprint density at radius 2 is 1.67 bits per heavy atom. The largest absolute Gasteiger partial charge is 0.368 e. The molecule has 2 unspecified atom stereocenters. The molecule has 6 nitrogen and oxygen atoms in total. The van der Waals surface area contributed by atoms with E-state index >= 15 is 0 Å². The molecule has 0 N–H and O–H groups in total. The first-order chi connectivity index (χ1) is 17.2. The van der Waals surface area contributed by atoms with Gasteiger partial charge >= 0.3 is 0 Å². The first kappa shape index (κ1) is 25.3. The Balaban J connectivity index is 1.35. The minimum Gasteiger partial charge on any atom is -0.368 e. The molecular formula is C27H30ClN3O3S2. The summed E-state index contributed by atoms with van der Waals surface area (Å²) in [6, 6.07) is 19.4. The summed E-state index contributed by atoms with van der Waals surface area (Å²) < 4.78 is 28.9. The summed E-state index contributed by atoms with van der Waals surface area (Å²) >= 11 is 7.07. The first-order valence-electron chi connectivity index (χ1n) is 12.2. The van der Waals surface area contributed by atoms with Crippen LogP contribution in [0.1, 0.15) is 22.6 Å². The molecule has 2 saturated heterocycles. The van der Waals surface area contributed by atoms with Crippen LogP contribution in [0.3, 0.4) is 0 Å². The molecule has 36 heavy (non-hydrogen) atoms. The van der Waals surface area contributed by atoms with Gasteiger partial charge in [-0.15, -0.1) is 11.3 Å². The summed E-state index contributed by atoms with van der Waals surface area (Å²) in [5.41, 5.74) is 4.68. The highest BCUT2D eigenvalue weighted by atomic mass is 35.5. The molecule has 3 aromatic rings. The molecule has 5 rings (SSSR count). The average Bonchev–Trinajstić information content (AvgIpc) is 3.52. The summed E-state index contributed by atoms with van der Waals surface area (Å²) in [5, 5.41) is 0. The number of thiophene rings is 1. The van der Waals surface area contributed by atoms with Gasteiger partial charge in [-0.25, -0.2) is 8.42 Å². The van der Waals surface area contributed by atoms with Crippen LogP contribution >= 0.6 is 22.9 Å². The van der Waals surface area contributed by atoms with E-state index in [4.69, 9.17) is 11.6 Å². The predicted octanol–water partition coefficient (Wildman–Crippen LogP) is 4.77. The molecule has 0 spiro atoms. The van der Waals surface area contributed by atoms with Gasteiger partial charge < -0.3 is 9.80 Å². The first-order valence-corrected chi connectivity index (χ1v) is 14.8. The fourth-order valence-electron chi connectivity index (χ4n) is 5.38. The number of carbonyl (C=O) groups is 1. The molecule has 0 saturated carbocycles. The molecule has 2 aliphatic rings. The van der Waals surface area contributed by atoms with E-state index in [1.165, 1.54) is 21.1 Å². The van der Waals surface area contributed by atoms with Crippen molar-refractivity contribution in [2.75, 3.05) is 44.2 Å². The third-order valence-corrected chi connectivity index (χ3v) is 10.8. The molecule has 0 aliphatic carbocycles. The summed E-state index contributed by atoms with van der Waals surface area (Å²) in [5.74, 6) is -0.586. The second kappa shape index (κ2) is 10.2. The Bertz CT molecular complexity index is 1350. The lowest BCUT2D eigenvalue weighted by Crippen LogP contribution is -2.51. The van der Waals surface area contributed by atoms with E-state index in [9.17, 15) is 13.2 Å². The average molecular weight is 544 g/mol. The normalized spacial score (nSPS) is 21.2. The predicted molar refractivity (Wildman–Crippen MR) is 145 cm³/mol. The zero-order valence-electron chi connectivity index (χ0n) is 20.4. The van der Waals surface area contributed by atoms with E-state index in [0.29, 0.717) is 17.4 Å². The van der Waals surface area contributed by atoms with Gasteiger partial charge in [0.25, 0.3) is 10.0 Å². The maximum absolute atomic E-state index is 13.8. The minimum atomic E-state index is -3.72. The Hall–Kier alpha value is -2.39. The fraction of sp³-hybridized carbons (Fsp3) is 0.370.